The van der Waals surface area contributed by atoms with E-state index in [0.29, 0.717) is 17.7 Å². The molecule has 7 nitrogen and oxygen atoms in total. The highest BCUT2D eigenvalue weighted by atomic mass is 16.5. The van der Waals surface area contributed by atoms with Crippen LogP contribution in [0.3, 0.4) is 0 Å². The molecule has 23 heavy (non-hydrogen) atoms. The molecule has 0 bridgehead atoms. The molecule has 3 aromatic rings. The predicted octanol–water partition coefficient (Wildman–Crippen LogP) is -0.329. The number of ether oxygens (including phenoxy) is 1. The lowest BCUT2D eigenvalue weighted by Gasteiger charge is -2.06. The second-order valence-corrected chi connectivity index (χ2v) is 5.11. The molecule has 0 unspecified atom stereocenters. The molecule has 0 aliphatic carbocycles. The Morgan fingerprint density at radius 3 is 2.87 bits per heavy atom. The maximum atomic E-state index is 12.2. The number of pyridine rings is 1. The van der Waals surface area contributed by atoms with Gasteiger partial charge in [0.1, 0.15) is 19.8 Å². The van der Waals surface area contributed by atoms with Gasteiger partial charge in [-0.25, -0.2) is 4.79 Å². The topological polar surface area (TPSA) is 98.1 Å². The van der Waals surface area contributed by atoms with Crippen molar-refractivity contribution in [2.24, 2.45) is 0 Å². The molecular formula is C15H14BN3O4. The van der Waals surface area contributed by atoms with Crippen molar-refractivity contribution in [2.45, 2.75) is 20.0 Å². The molecule has 3 aromatic heterocycles. The molecule has 0 saturated heterocycles. The zero-order valence-electron chi connectivity index (χ0n) is 12.8. The minimum Gasteiger partial charge on any atom is -0.458 e. The summed E-state index contributed by atoms with van der Waals surface area (Å²) in [5.41, 5.74) is 1.37. The quantitative estimate of drug-likeness (QED) is 0.663. The van der Waals surface area contributed by atoms with Crippen molar-refractivity contribution >= 4 is 24.4 Å². The second kappa shape index (κ2) is 6.08. The van der Waals surface area contributed by atoms with Gasteiger partial charge in [0.2, 0.25) is 5.71 Å². The molecule has 3 rings (SSSR count). The zero-order valence-corrected chi connectivity index (χ0v) is 12.8. The summed E-state index contributed by atoms with van der Waals surface area (Å²) >= 11 is 0. The maximum absolute atomic E-state index is 12.2. The molecule has 0 radical (unpaired) electrons. The number of aromatic amines is 1. The largest absolute Gasteiger partial charge is 0.458 e. The molecule has 1 N–H and O–H groups in total. The van der Waals surface area contributed by atoms with E-state index in [-0.39, 0.29) is 23.7 Å². The van der Waals surface area contributed by atoms with Gasteiger partial charge in [0.05, 0.1) is 5.69 Å². The fraction of sp³-hybridized carbons (Fsp3) is 0.200. The Morgan fingerprint density at radius 1 is 1.35 bits per heavy atom. The summed E-state index contributed by atoms with van der Waals surface area (Å²) in [5.74, 6) is 0. The summed E-state index contributed by atoms with van der Waals surface area (Å²) in [7, 11) is 1.94. The number of nitrogens with one attached hydrogen (secondary N) is 1. The van der Waals surface area contributed by atoms with Gasteiger partial charge in [-0.1, -0.05) is 18.5 Å². The van der Waals surface area contributed by atoms with Gasteiger partial charge in [0.25, 0.3) is 11.6 Å². The van der Waals surface area contributed by atoms with Gasteiger partial charge >= 0.3 is 5.63 Å². The van der Waals surface area contributed by atoms with E-state index in [1.54, 1.807) is 6.20 Å². The number of H-pyrrole nitrogens is 1. The van der Waals surface area contributed by atoms with Gasteiger partial charge in [-0.15, -0.1) is 0 Å². The third kappa shape index (κ3) is 3.15. The summed E-state index contributed by atoms with van der Waals surface area (Å²) in [4.78, 5) is 34.5. The van der Waals surface area contributed by atoms with Gasteiger partial charge in [-0.05, 0) is 18.1 Å². The Balaban J connectivity index is 1.95. The molecule has 0 amide bonds. The third-order valence-electron chi connectivity index (χ3n) is 3.39. The van der Waals surface area contributed by atoms with Crippen LogP contribution in [0.15, 0.2) is 38.4 Å². The van der Waals surface area contributed by atoms with Crippen LogP contribution < -0.4 is 21.4 Å². The monoisotopic (exact) mass is 311 g/mol. The lowest BCUT2D eigenvalue weighted by atomic mass is 9.99. The molecule has 0 aliphatic heterocycles. The van der Waals surface area contributed by atoms with E-state index in [2.05, 4.69) is 15.0 Å². The average molecular weight is 311 g/mol. The standard InChI is InChI=1S/C15H14BN3O4/c1-2-8-5-11(20)23-14-12(8)13(21)18-15(19-14)22-7-10-4-3-9(16)6-17-10/h3-6H,2,7,16H2,1H3,(H,18,19,21). The first-order valence-corrected chi connectivity index (χ1v) is 7.18. The summed E-state index contributed by atoms with van der Waals surface area (Å²) in [6.45, 7) is 1.99. The number of fused-ring (bicyclic) bond motifs is 1. The van der Waals surface area contributed by atoms with Gasteiger partial charge in [0, 0.05) is 12.3 Å². The van der Waals surface area contributed by atoms with Crippen molar-refractivity contribution in [3.63, 3.8) is 0 Å². The first kappa shape index (κ1) is 15.0. The van der Waals surface area contributed by atoms with Gasteiger partial charge < -0.3 is 9.15 Å². The highest BCUT2D eigenvalue weighted by molar-refractivity contribution is 6.31. The normalized spacial score (nSPS) is 10.8. The fourth-order valence-electron chi connectivity index (χ4n) is 2.20. The van der Waals surface area contributed by atoms with E-state index in [4.69, 9.17) is 9.15 Å². The van der Waals surface area contributed by atoms with Crippen LogP contribution >= 0.6 is 0 Å². The van der Waals surface area contributed by atoms with E-state index in [1.165, 1.54) is 6.07 Å². The second-order valence-electron chi connectivity index (χ2n) is 5.11. The van der Waals surface area contributed by atoms with Crippen LogP contribution in [0.5, 0.6) is 6.01 Å². The van der Waals surface area contributed by atoms with Crippen molar-refractivity contribution in [1.82, 2.24) is 15.0 Å². The molecule has 0 fully saturated rings. The lowest BCUT2D eigenvalue weighted by molar-refractivity contribution is 0.275. The van der Waals surface area contributed by atoms with E-state index < -0.39 is 11.2 Å². The molecule has 116 valence electrons. The summed E-state index contributed by atoms with van der Waals surface area (Å²) in [6, 6.07) is 5.02. The van der Waals surface area contributed by atoms with Crippen molar-refractivity contribution in [3.8, 4) is 6.01 Å². The van der Waals surface area contributed by atoms with Gasteiger partial charge in [0.15, 0.2) is 0 Å². The molecule has 0 aromatic carbocycles. The Bertz CT molecular complexity index is 963. The Morgan fingerprint density at radius 2 is 2.17 bits per heavy atom. The van der Waals surface area contributed by atoms with Gasteiger partial charge in [-0.2, -0.15) is 4.98 Å². The van der Waals surface area contributed by atoms with Crippen LogP contribution in [0.1, 0.15) is 18.2 Å². The van der Waals surface area contributed by atoms with Crippen LogP contribution in [-0.4, -0.2) is 22.8 Å². The highest BCUT2D eigenvalue weighted by Crippen LogP contribution is 2.13. The Hall–Kier alpha value is -2.90. The third-order valence-corrected chi connectivity index (χ3v) is 3.39. The fourth-order valence-corrected chi connectivity index (χ4v) is 2.20. The van der Waals surface area contributed by atoms with E-state index in [0.717, 1.165) is 5.46 Å². The van der Waals surface area contributed by atoms with E-state index >= 15 is 0 Å². The Kier molecular flexibility index (Phi) is 3.97. The summed E-state index contributed by atoms with van der Waals surface area (Å²) < 4.78 is 10.5. The SMILES string of the molecule is Bc1ccc(COc2nc3oc(=O)cc(CC)c3c(=O)[nH]2)nc1. The molecule has 0 atom stereocenters. The summed E-state index contributed by atoms with van der Waals surface area (Å²) in [6.07, 6.45) is 2.25. The number of nitrogens with zero attached hydrogens (tertiary/aromatic N) is 2. The number of hydrogen-bond donors (Lipinski definition) is 1. The van der Waals surface area contributed by atoms with E-state index in [1.807, 2.05) is 26.9 Å². The van der Waals surface area contributed by atoms with Crippen LogP contribution in [0.25, 0.3) is 11.1 Å². The van der Waals surface area contributed by atoms with E-state index in [9.17, 15) is 9.59 Å². The maximum Gasteiger partial charge on any atom is 0.337 e. The molecule has 0 aliphatic rings. The minimum absolute atomic E-state index is 0.0127. The lowest BCUT2D eigenvalue weighted by Crippen LogP contribution is -2.15. The number of aromatic nitrogens is 3. The van der Waals surface area contributed by atoms with Crippen LogP contribution in [-0.2, 0) is 13.0 Å². The Labute approximate surface area is 131 Å². The van der Waals surface area contributed by atoms with Crippen LogP contribution in [0, 0.1) is 0 Å². The molecule has 8 heteroatoms. The van der Waals surface area contributed by atoms with Crippen LogP contribution in [0.2, 0.25) is 0 Å². The molecule has 0 saturated carbocycles. The smallest absolute Gasteiger partial charge is 0.337 e. The van der Waals surface area contributed by atoms with Crippen LogP contribution in [0.4, 0.5) is 0 Å². The number of rotatable bonds is 4. The molecule has 3 heterocycles. The van der Waals surface area contributed by atoms with Crippen molar-refractivity contribution < 1.29 is 9.15 Å². The average Bonchev–Trinajstić information content (AvgIpc) is 2.53. The molecule has 0 spiro atoms. The minimum atomic E-state index is -0.543. The zero-order chi connectivity index (χ0) is 16.4. The first-order chi connectivity index (χ1) is 11.1. The van der Waals surface area contributed by atoms with Crippen molar-refractivity contribution in [3.05, 3.63) is 56.4 Å². The van der Waals surface area contributed by atoms with Crippen molar-refractivity contribution in [2.75, 3.05) is 0 Å². The van der Waals surface area contributed by atoms with Gasteiger partial charge in [-0.3, -0.25) is 14.8 Å². The highest BCUT2D eigenvalue weighted by Gasteiger charge is 2.12. The number of aryl methyl sites for hydroxylation is 1. The summed E-state index contributed by atoms with van der Waals surface area (Å²) in [5, 5.41) is 0.271. The predicted molar refractivity (Wildman–Crippen MR) is 87.0 cm³/mol. The first-order valence-electron chi connectivity index (χ1n) is 7.18. The van der Waals surface area contributed by atoms with Crippen molar-refractivity contribution in [1.29, 1.82) is 0 Å². The number of hydrogen-bond acceptors (Lipinski definition) is 6. The molecular weight excluding hydrogens is 297 g/mol.